The number of allylic oxidation sites excluding steroid dienone is 1. The van der Waals surface area contributed by atoms with Gasteiger partial charge < -0.3 is 0 Å². The molecule has 1 aliphatic rings. The van der Waals surface area contributed by atoms with E-state index < -0.39 is 0 Å². The van der Waals surface area contributed by atoms with Crippen LogP contribution in [0.25, 0.3) is 5.57 Å². The quantitative estimate of drug-likeness (QED) is 0.731. The summed E-state index contributed by atoms with van der Waals surface area (Å²) in [7, 11) is 0. The number of hydrogen-bond acceptors (Lipinski definition) is 3. The lowest BCUT2D eigenvalue weighted by Crippen LogP contribution is -2.34. The van der Waals surface area contributed by atoms with E-state index in [4.69, 9.17) is 0 Å². The maximum absolute atomic E-state index is 9.87. The minimum absolute atomic E-state index is 0.307. The number of hydroxylamine groups is 2. The van der Waals surface area contributed by atoms with Gasteiger partial charge in [0.2, 0.25) is 0 Å². The first-order valence-corrected chi connectivity index (χ1v) is 5.32. The van der Waals surface area contributed by atoms with Crippen LogP contribution in [0.15, 0.2) is 35.5 Å². The minimum atomic E-state index is -0.307. The second kappa shape index (κ2) is 3.76. The number of fused-ring (bicyclic) bond motifs is 1. The summed E-state index contributed by atoms with van der Waals surface area (Å²) in [6, 6.07) is 7.90. The van der Waals surface area contributed by atoms with Gasteiger partial charge in [-0.15, -0.1) is 0 Å². The Bertz CT molecular complexity index is 455. The summed E-state index contributed by atoms with van der Waals surface area (Å²) < 4.78 is 0. The van der Waals surface area contributed by atoms with E-state index in [0.717, 1.165) is 16.8 Å². The Morgan fingerprint density at radius 3 is 2.62 bits per heavy atom. The van der Waals surface area contributed by atoms with Gasteiger partial charge >= 0.3 is 0 Å². The number of rotatable bonds is 1. The van der Waals surface area contributed by atoms with E-state index in [1.54, 1.807) is 12.4 Å². The smallest absolute Gasteiger partial charge is 0.0709 e. The van der Waals surface area contributed by atoms with Crippen molar-refractivity contribution >= 4 is 17.5 Å². The molecular formula is C13H16N2O. The van der Waals surface area contributed by atoms with Crippen molar-refractivity contribution in [3.05, 3.63) is 36.0 Å². The van der Waals surface area contributed by atoms with Gasteiger partial charge in [-0.3, -0.25) is 15.3 Å². The Morgan fingerprint density at radius 2 is 1.94 bits per heavy atom. The highest BCUT2D eigenvalue weighted by atomic mass is 16.5. The number of hydrogen-bond donors (Lipinski definition) is 1. The summed E-state index contributed by atoms with van der Waals surface area (Å²) in [5, 5.41) is 11.1. The van der Waals surface area contributed by atoms with Crippen LogP contribution in [-0.4, -0.2) is 22.0 Å². The molecule has 0 amide bonds. The molecule has 1 N–H and O–H groups in total. The van der Waals surface area contributed by atoms with E-state index in [-0.39, 0.29) is 5.54 Å². The van der Waals surface area contributed by atoms with Gasteiger partial charge in [0.25, 0.3) is 0 Å². The Balaban J connectivity index is 2.33. The lowest BCUT2D eigenvalue weighted by molar-refractivity contribution is -0.109. The first-order valence-electron chi connectivity index (χ1n) is 5.32. The summed E-state index contributed by atoms with van der Waals surface area (Å²) in [5.41, 5.74) is 2.65. The normalized spacial score (nSPS) is 16.6. The van der Waals surface area contributed by atoms with Crippen molar-refractivity contribution in [2.45, 2.75) is 26.3 Å². The molecule has 0 saturated carbocycles. The van der Waals surface area contributed by atoms with E-state index in [2.05, 4.69) is 4.99 Å². The number of nitrogens with zero attached hydrogens (tertiary/aromatic N) is 2. The molecule has 0 aromatic heterocycles. The standard InChI is InChI=1S/C13H16N2O/c1-13(2,3)15(16)9-10-8-14-12-7-5-4-6-11(10)12/h4-9,16H,1-3H3/b10-9+. The molecule has 1 aromatic carbocycles. The van der Waals surface area contributed by atoms with Crippen molar-refractivity contribution in [3.63, 3.8) is 0 Å². The van der Waals surface area contributed by atoms with E-state index >= 15 is 0 Å². The molecule has 0 atom stereocenters. The molecule has 3 nitrogen and oxygen atoms in total. The highest BCUT2D eigenvalue weighted by Crippen LogP contribution is 2.31. The number of benzene rings is 1. The van der Waals surface area contributed by atoms with Crippen molar-refractivity contribution in [2.24, 2.45) is 4.99 Å². The van der Waals surface area contributed by atoms with Gasteiger partial charge in [0.15, 0.2) is 0 Å². The van der Waals surface area contributed by atoms with Crippen LogP contribution in [0.3, 0.4) is 0 Å². The van der Waals surface area contributed by atoms with E-state index in [1.807, 2.05) is 45.0 Å². The molecule has 1 aromatic rings. The fourth-order valence-corrected chi connectivity index (χ4v) is 1.47. The lowest BCUT2D eigenvalue weighted by atomic mass is 10.1. The summed E-state index contributed by atoms with van der Waals surface area (Å²) in [6.07, 6.45) is 3.50. The first-order chi connectivity index (χ1) is 7.48. The van der Waals surface area contributed by atoms with Crippen LogP contribution in [0.1, 0.15) is 26.3 Å². The van der Waals surface area contributed by atoms with Crippen molar-refractivity contribution in [3.8, 4) is 0 Å². The fraction of sp³-hybridized carbons (Fsp3) is 0.308. The maximum atomic E-state index is 9.87. The fourth-order valence-electron chi connectivity index (χ4n) is 1.47. The zero-order valence-corrected chi connectivity index (χ0v) is 9.81. The maximum Gasteiger partial charge on any atom is 0.0709 e. The van der Waals surface area contributed by atoms with Crippen molar-refractivity contribution in [2.75, 3.05) is 0 Å². The molecule has 1 aliphatic heterocycles. The van der Waals surface area contributed by atoms with Crippen LogP contribution in [0.2, 0.25) is 0 Å². The average Bonchev–Trinajstić information content (AvgIpc) is 2.61. The molecule has 0 saturated heterocycles. The third-order valence-corrected chi connectivity index (χ3v) is 2.51. The van der Waals surface area contributed by atoms with Crippen molar-refractivity contribution in [1.82, 2.24) is 5.06 Å². The SMILES string of the molecule is CC(C)(C)N(O)/C=C1\C=Nc2ccccc21. The molecule has 1 heterocycles. The van der Waals surface area contributed by atoms with Gasteiger partial charge in [-0.1, -0.05) is 18.2 Å². The summed E-state index contributed by atoms with van der Waals surface area (Å²) in [6.45, 7) is 5.84. The third-order valence-electron chi connectivity index (χ3n) is 2.51. The molecule has 0 radical (unpaired) electrons. The van der Waals surface area contributed by atoms with Crippen LogP contribution in [0.4, 0.5) is 5.69 Å². The summed E-state index contributed by atoms with van der Waals surface area (Å²) >= 11 is 0. The minimum Gasteiger partial charge on any atom is -0.288 e. The highest BCUT2D eigenvalue weighted by Gasteiger charge is 2.19. The number of aliphatic imine (C=N–C) groups is 1. The van der Waals surface area contributed by atoms with Crippen molar-refractivity contribution in [1.29, 1.82) is 0 Å². The highest BCUT2D eigenvalue weighted by molar-refractivity contribution is 6.16. The second-order valence-electron chi connectivity index (χ2n) is 4.88. The van der Waals surface area contributed by atoms with Gasteiger partial charge in [0, 0.05) is 23.6 Å². The van der Waals surface area contributed by atoms with Crippen LogP contribution in [-0.2, 0) is 0 Å². The molecule has 84 valence electrons. The van der Waals surface area contributed by atoms with Gasteiger partial charge in [0.05, 0.1) is 11.2 Å². The van der Waals surface area contributed by atoms with Crippen LogP contribution >= 0.6 is 0 Å². The zero-order chi connectivity index (χ0) is 11.8. The third kappa shape index (κ3) is 1.99. The summed E-state index contributed by atoms with van der Waals surface area (Å²) in [4.78, 5) is 4.28. The number of para-hydroxylation sites is 1. The Hall–Kier alpha value is -1.61. The largest absolute Gasteiger partial charge is 0.288 e. The molecule has 16 heavy (non-hydrogen) atoms. The Kier molecular flexibility index (Phi) is 2.56. The Morgan fingerprint density at radius 1 is 1.25 bits per heavy atom. The van der Waals surface area contributed by atoms with Gasteiger partial charge in [0.1, 0.15) is 0 Å². The molecule has 0 aliphatic carbocycles. The topological polar surface area (TPSA) is 35.8 Å². The molecular weight excluding hydrogens is 200 g/mol. The molecule has 3 heteroatoms. The summed E-state index contributed by atoms with van der Waals surface area (Å²) in [5.74, 6) is 0. The van der Waals surface area contributed by atoms with E-state index in [1.165, 1.54) is 5.06 Å². The molecule has 0 fully saturated rings. The average molecular weight is 216 g/mol. The van der Waals surface area contributed by atoms with Gasteiger partial charge in [-0.25, -0.2) is 0 Å². The van der Waals surface area contributed by atoms with Gasteiger partial charge in [-0.2, -0.15) is 0 Å². The predicted molar refractivity (Wildman–Crippen MR) is 65.9 cm³/mol. The molecule has 0 spiro atoms. The van der Waals surface area contributed by atoms with Crippen LogP contribution in [0.5, 0.6) is 0 Å². The lowest BCUT2D eigenvalue weighted by Gasteiger charge is -2.28. The van der Waals surface area contributed by atoms with Gasteiger partial charge in [-0.05, 0) is 26.8 Å². The molecule has 0 bridgehead atoms. The Labute approximate surface area is 95.7 Å². The zero-order valence-electron chi connectivity index (χ0n) is 9.81. The molecule has 2 rings (SSSR count). The van der Waals surface area contributed by atoms with E-state index in [9.17, 15) is 5.21 Å². The van der Waals surface area contributed by atoms with Crippen LogP contribution in [0, 0.1) is 0 Å². The molecule has 0 unspecified atom stereocenters. The van der Waals surface area contributed by atoms with E-state index in [0.29, 0.717) is 0 Å². The predicted octanol–water partition coefficient (Wildman–Crippen LogP) is 3.23. The van der Waals surface area contributed by atoms with Crippen molar-refractivity contribution < 1.29 is 5.21 Å². The first kappa shape index (κ1) is 10.9. The monoisotopic (exact) mass is 216 g/mol. The van der Waals surface area contributed by atoms with Crippen LogP contribution < -0.4 is 0 Å². The second-order valence-corrected chi connectivity index (χ2v) is 4.88.